The molecule has 2 aromatic heterocycles. The standard InChI is InChI=1S/C17H10ClN3O4S2/c1-25-11-4-3-10(18)15-14(11)19-17(27-15)20-16(22)13-7-8-6-9(21(23)24)2-5-12(8)26-13/h2-7H,1H3,(H,19,20,22). The Labute approximate surface area is 165 Å². The zero-order valence-electron chi connectivity index (χ0n) is 13.7. The van der Waals surface area contributed by atoms with E-state index < -0.39 is 4.92 Å². The summed E-state index contributed by atoms with van der Waals surface area (Å²) in [5.74, 6) is 0.230. The molecule has 4 rings (SSSR count). The molecule has 4 aromatic rings. The van der Waals surface area contributed by atoms with Crippen molar-refractivity contribution >= 4 is 71.3 Å². The van der Waals surface area contributed by atoms with E-state index in [0.29, 0.717) is 31.7 Å². The van der Waals surface area contributed by atoms with Crippen molar-refractivity contribution in [2.24, 2.45) is 0 Å². The monoisotopic (exact) mass is 419 g/mol. The predicted molar refractivity (Wildman–Crippen MR) is 108 cm³/mol. The van der Waals surface area contributed by atoms with Crippen molar-refractivity contribution in [1.29, 1.82) is 0 Å². The largest absolute Gasteiger partial charge is 0.494 e. The molecule has 27 heavy (non-hydrogen) atoms. The molecule has 0 unspecified atom stereocenters. The van der Waals surface area contributed by atoms with Gasteiger partial charge >= 0.3 is 0 Å². The second kappa shape index (κ2) is 6.76. The van der Waals surface area contributed by atoms with Crippen LogP contribution in [0.15, 0.2) is 36.4 Å². The number of hydrogen-bond acceptors (Lipinski definition) is 7. The van der Waals surface area contributed by atoms with E-state index in [1.807, 2.05) is 0 Å². The van der Waals surface area contributed by atoms with E-state index in [-0.39, 0.29) is 11.6 Å². The summed E-state index contributed by atoms with van der Waals surface area (Å²) in [6.45, 7) is 0. The van der Waals surface area contributed by atoms with Crippen LogP contribution in [-0.4, -0.2) is 22.9 Å². The minimum Gasteiger partial charge on any atom is -0.494 e. The van der Waals surface area contributed by atoms with Crippen molar-refractivity contribution in [2.45, 2.75) is 0 Å². The zero-order valence-corrected chi connectivity index (χ0v) is 16.1. The third-order valence-corrected chi connectivity index (χ3v) is 6.38. The number of aromatic nitrogens is 1. The van der Waals surface area contributed by atoms with Crippen molar-refractivity contribution in [3.63, 3.8) is 0 Å². The van der Waals surface area contributed by atoms with E-state index in [1.165, 1.54) is 41.9 Å². The number of rotatable bonds is 4. The maximum atomic E-state index is 12.6. The first-order valence-corrected chi connectivity index (χ1v) is 9.59. The SMILES string of the molecule is COc1ccc(Cl)c2sc(NC(=O)c3cc4cc([N+](=O)[O-])ccc4s3)nc12. The van der Waals surface area contributed by atoms with Gasteiger partial charge in [0.25, 0.3) is 11.6 Å². The number of non-ortho nitro benzene ring substituents is 1. The number of amides is 1. The first-order valence-electron chi connectivity index (χ1n) is 7.58. The van der Waals surface area contributed by atoms with Crippen LogP contribution in [0.3, 0.4) is 0 Å². The number of methoxy groups -OCH3 is 1. The van der Waals surface area contributed by atoms with E-state index in [9.17, 15) is 14.9 Å². The molecule has 0 fully saturated rings. The number of thiophene rings is 1. The van der Waals surface area contributed by atoms with Crippen molar-refractivity contribution in [3.8, 4) is 5.75 Å². The molecule has 0 spiro atoms. The molecule has 0 aliphatic heterocycles. The fourth-order valence-electron chi connectivity index (χ4n) is 2.59. The average Bonchev–Trinajstić information content (AvgIpc) is 3.25. The van der Waals surface area contributed by atoms with Crippen molar-refractivity contribution in [3.05, 3.63) is 56.4 Å². The molecule has 0 bridgehead atoms. The topological polar surface area (TPSA) is 94.4 Å². The molecule has 10 heteroatoms. The molecule has 0 radical (unpaired) electrons. The molecule has 2 heterocycles. The van der Waals surface area contributed by atoms with Crippen LogP contribution >= 0.6 is 34.3 Å². The summed E-state index contributed by atoms with van der Waals surface area (Å²) in [5, 5.41) is 15.2. The van der Waals surface area contributed by atoms with Gasteiger partial charge in [-0.05, 0) is 24.3 Å². The summed E-state index contributed by atoms with van der Waals surface area (Å²) < 4.78 is 6.79. The number of fused-ring (bicyclic) bond motifs is 2. The lowest BCUT2D eigenvalue weighted by atomic mass is 10.2. The molecule has 1 amide bonds. The van der Waals surface area contributed by atoms with Crippen LogP contribution in [0.1, 0.15) is 9.67 Å². The van der Waals surface area contributed by atoms with Gasteiger partial charge in [-0.25, -0.2) is 4.98 Å². The first-order chi connectivity index (χ1) is 13.0. The third kappa shape index (κ3) is 3.20. The van der Waals surface area contributed by atoms with E-state index >= 15 is 0 Å². The zero-order chi connectivity index (χ0) is 19.1. The van der Waals surface area contributed by atoms with E-state index in [2.05, 4.69) is 10.3 Å². The van der Waals surface area contributed by atoms with Crippen LogP contribution in [-0.2, 0) is 0 Å². The molecule has 0 aliphatic carbocycles. The van der Waals surface area contributed by atoms with Crippen molar-refractivity contribution in [2.75, 3.05) is 12.4 Å². The Bertz CT molecular complexity index is 1220. The summed E-state index contributed by atoms with van der Waals surface area (Å²) in [6, 6.07) is 9.56. The predicted octanol–water partition coefficient (Wildman–Crippen LogP) is 5.33. The molecule has 7 nitrogen and oxygen atoms in total. The molecular formula is C17H10ClN3O4S2. The summed E-state index contributed by atoms with van der Waals surface area (Å²) in [7, 11) is 1.54. The highest BCUT2D eigenvalue weighted by Crippen LogP contribution is 2.37. The number of hydrogen-bond donors (Lipinski definition) is 1. The number of anilines is 1. The molecule has 136 valence electrons. The maximum Gasteiger partial charge on any atom is 0.270 e. The number of carbonyl (C=O) groups excluding carboxylic acids is 1. The Balaban J connectivity index is 1.66. The molecule has 2 aromatic carbocycles. The Morgan fingerprint density at radius 3 is 2.81 bits per heavy atom. The molecule has 0 aliphatic rings. The number of ether oxygens (including phenoxy) is 1. The van der Waals surface area contributed by atoms with Gasteiger partial charge in [-0.3, -0.25) is 20.2 Å². The number of nitro groups is 1. The Morgan fingerprint density at radius 2 is 2.07 bits per heavy atom. The van der Waals surface area contributed by atoms with Gasteiger partial charge in [0.05, 0.1) is 26.6 Å². The van der Waals surface area contributed by atoms with Crippen LogP contribution in [0.5, 0.6) is 5.75 Å². The van der Waals surface area contributed by atoms with Crippen molar-refractivity contribution < 1.29 is 14.5 Å². The highest BCUT2D eigenvalue weighted by atomic mass is 35.5. The lowest BCUT2D eigenvalue weighted by molar-refractivity contribution is -0.384. The minimum atomic E-state index is -0.463. The third-order valence-electron chi connectivity index (χ3n) is 3.83. The second-order valence-electron chi connectivity index (χ2n) is 5.49. The number of halogens is 1. The van der Waals surface area contributed by atoms with Gasteiger partial charge in [0, 0.05) is 22.2 Å². The number of nitro benzene ring substituents is 1. The van der Waals surface area contributed by atoms with Crippen LogP contribution in [0.25, 0.3) is 20.3 Å². The number of nitrogens with one attached hydrogen (secondary N) is 1. The highest BCUT2D eigenvalue weighted by Gasteiger charge is 2.17. The molecule has 0 saturated heterocycles. The van der Waals surface area contributed by atoms with Gasteiger partial charge in [-0.15, -0.1) is 11.3 Å². The van der Waals surface area contributed by atoms with Gasteiger partial charge in [-0.1, -0.05) is 22.9 Å². The quantitative estimate of drug-likeness (QED) is 0.356. The fourth-order valence-corrected chi connectivity index (χ4v) is 4.67. The summed E-state index contributed by atoms with van der Waals surface area (Å²) >= 11 is 8.70. The van der Waals surface area contributed by atoms with Crippen LogP contribution in [0.4, 0.5) is 10.8 Å². The van der Waals surface area contributed by atoms with Crippen LogP contribution in [0, 0.1) is 10.1 Å². The maximum absolute atomic E-state index is 12.6. The van der Waals surface area contributed by atoms with Crippen LogP contribution < -0.4 is 10.1 Å². The average molecular weight is 420 g/mol. The molecule has 1 N–H and O–H groups in total. The Morgan fingerprint density at radius 1 is 1.26 bits per heavy atom. The number of benzene rings is 2. The summed E-state index contributed by atoms with van der Waals surface area (Å²) in [6.07, 6.45) is 0. The second-order valence-corrected chi connectivity index (χ2v) is 7.98. The van der Waals surface area contributed by atoms with E-state index in [4.69, 9.17) is 16.3 Å². The Kier molecular flexibility index (Phi) is 4.42. The first kappa shape index (κ1) is 17.7. The smallest absolute Gasteiger partial charge is 0.270 e. The van der Waals surface area contributed by atoms with Gasteiger partial charge in [-0.2, -0.15) is 0 Å². The highest BCUT2D eigenvalue weighted by molar-refractivity contribution is 7.23. The molecular weight excluding hydrogens is 410 g/mol. The van der Waals surface area contributed by atoms with Gasteiger partial charge in [0.15, 0.2) is 5.13 Å². The lowest BCUT2D eigenvalue weighted by Gasteiger charge is -2.00. The number of thiazole rings is 1. The number of nitrogens with zero attached hydrogens (tertiary/aromatic N) is 2. The van der Waals surface area contributed by atoms with Crippen LogP contribution in [0.2, 0.25) is 5.02 Å². The van der Waals surface area contributed by atoms with Gasteiger partial charge in [0.1, 0.15) is 11.3 Å². The minimum absolute atomic E-state index is 0.0137. The molecule has 0 atom stereocenters. The Hall–Kier alpha value is -2.75. The van der Waals surface area contributed by atoms with Gasteiger partial charge < -0.3 is 4.74 Å². The molecule has 0 saturated carbocycles. The summed E-state index contributed by atoms with van der Waals surface area (Å²) in [4.78, 5) is 27.8. The van der Waals surface area contributed by atoms with E-state index in [1.54, 1.807) is 24.3 Å². The van der Waals surface area contributed by atoms with Crippen molar-refractivity contribution in [1.82, 2.24) is 4.98 Å². The number of carbonyl (C=O) groups is 1. The van der Waals surface area contributed by atoms with E-state index in [0.717, 1.165) is 9.40 Å². The summed E-state index contributed by atoms with van der Waals surface area (Å²) in [5.41, 5.74) is 0.567. The van der Waals surface area contributed by atoms with Gasteiger partial charge in [0.2, 0.25) is 0 Å². The normalized spacial score (nSPS) is 11.0. The fraction of sp³-hybridized carbons (Fsp3) is 0.0588. The lowest BCUT2D eigenvalue weighted by Crippen LogP contribution is -2.09.